The minimum atomic E-state index is -0.331. The van der Waals surface area contributed by atoms with Gasteiger partial charge in [-0.05, 0) is 36.8 Å². The molecule has 1 atom stereocenters. The van der Waals surface area contributed by atoms with Crippen molar-refractivity contribution >= 4 is 17.4 Å². The quantitative estimate of drug-likeness (QED) is 0.828. The monoisotopic (exact) mass is 282 g/mol. The molecule has 4 heteroatoms. The molecule has 0 radical (unpaired) electrons. The van der Waals surface area contributed by atoms with Crippen LogP contribution in [0, 0.1) is 0 Å². The average Bonchev–Trinajstić information content (AvgIpc) is 2.48. The first-order valence-corrected chi connectivity index (χ1v) is 6.77. The first-order valence-electron chi connectivity index (χ1n) is 6.77. The van der Waals surface area contributed by atoms with E-state index in [9.17, 15) is 9.59 Å². The molecule has 0 bridgehead atoms. The van der Waals surface area contributed by atoms with E-state index in [1.54, 1.807) is 24.3 Å². The van der Waals surface area contributed by atoms with E-state index in [-0.39, 0.29) is 24.2 Å². The number of hydrogen-bond donors (Lipinski definition) is 2. The predicted octanol–water partition coefficient (Wildman–Crippen LogP) is 2.92. The van der Waals surface area contributed by atoms with Crippen LogP contribution < -0.4 is 11.1 Å². The summed E-state index contributed by atoms with van der Waals surface area (Å²) in [6, 6.07) is 16.0. The zero-order chi connectivity index (χ0) is 15.2. The Bertz CT molecular complexity index is 621. The van der Waals surface area contributed by atoms with Crippen molar-refractivity contribution in [3.05, 3.63) is 65.7 Å². The molecule has 0 spiro atoms. The molecule has 0 aromatic heterocycles. The number of amides is 1. The van der Waals surface area contributed by atoms with Crippen molar-refractivity contribution in [2.75, 3.05) is 5.32 Å². The zero-order valence-corrected chi connectivity index (χ0v) is 11.9. The highest BCUT2D eigenvalue weighted by molar-refractivity contribution is 5.95. The molecular weight excluding hydrogens is 264 g/mol. The molecule has 0 fully saturated rings. The van der Waals surface area contributed by atoms with Gasteiger partial charge < -0.3 is 11.1 Å². The Balaban J connectivity index is 1.94. The summed E-state index contributed by atoms with van der Waals surface area (Å²) in [5, 5.41) is 2.78. The molecule has 0 saturated heterocycles. The van der Waals surface area contributed by atoms with Crippen LogP contribution in [-0.4, -0.2) is 11.7 Å². The highest BCUT2D eigenvalue weighted by Crippen LogP contribution is 2.15. The van der Waals surface area contributed by atoms with Gasteiger partial charge in [0.15, 0.2) is 5.78 Å². The number of carbonyl (C=O) groups excluding carboxylic acids is 2. The molecule has 2 aromatic carbocycles. The molecule has 1 amide bonds. The van der Waals surface area contributed by atoms with E-state index in [4.69, 9.17) is 5.73 Å². The number of anilines is 1. The van der Waals surface area contributed by atoms with Crippen LogP contribution in [0.15, 0.2) is 54.6 Å². The molecule has 4 nitrogen and oxygen atoms in total. The fourth-order valence-electron chi connectivity index (χ4n) is 2.02. The topological polar surface area (TPSA) is 72.2 Å². The van der Waals surface area contributed by atoms with Crippen LogP contribution in [0.4, 0.5) is 5.69 Å². The second-order valence-corrected chi connectivity index (χ2v) is 4.90. The lowest BCUT2D eigenvalue weighted by Crippen LogP contribution is -2.20. The summed E-state index contributed by atoms with van der Waals surface area (Å²) in [5.74, 6) is -0.152. The summed E-state index contributed by atoms with van der Waals surface area (Å²) in [5.41, 5.74) is 8.22. The number of hydrogen-bond acceptors (Lipinski definition) is 3. The molecule has 0 saturated carbocycles. The molecule has 0 aliphatic carbocycles. The number of carbonyl (C=O) groups is 2. The van der Waals surface area contributed by atoms with Crippen molar-refractivity contribution in [2.45, 2.75) is 19.4 Å². The number of nitrogens with one attached hydrogen (secondary N) is 1. The Morgan fingerprint density at radius 1 is 1.05 bits per heavy atom. The lowest BCUT2D eigenvalue weighted by atomic mass is 10.0. The van der Waals surface area contributed by atoms with Crippen LogP contribution in [0.2, 0.25) is 0 Å². The van der Waals surface area contributed by atoms with Crippen molar-refractivity contribution in [3.63, 3.8) is 0 Å². The number of Topliss-reactive ketones (excluding diaryl/α,β-unsaturated/α-hetero) is 1. The fraction of sp³-hybridized carbons (Fsp3) is 0.176. The van der Waals surface area contributed by atoms with Gasteiger partial charge in [0.1, 0.15) is 0 Å². The second-order valence-electron chi connectivity index (χ2n) is 4.90. The number of benzene rings is 2. The van der Waals surface area contributed by atoms with Crippen LogP contribution in [0.25, 0.3) is 0 Å². The molecule has 0 aliphatic heterocycles. The maximum atomic E-state index is 12.0. The van der Waals surface area contributed by atoms with Crippen molar-refractivity contribution in [1.29, 1.82) is 0 Å². The number of ketones is 1. The van der Waals surface area contributed by atoms with Crippen molar-refractivity contribution in [2.24, 2.45) is 5.73 Å². The third-order valence-electron chi connectivity index (χ3n) is 3.21. The maximum Gasteiger partial charge on any atom is 0.226 e. The molecule has 3 N–H and O–H groups in total. The second kappa shape index (κ2) is 6.81. The van der Waals surface area contributed by atoms with Crippen molar-refractivity contribution < 1.29 is 9.59 Å². The van der Waals surface area contributed by atoms with E-state index in [1.165, 1.54) is 6.92 Å². The van der Waals surface area contributed by atoms with Crippen molar-refractivity contribution in [3.8, 4) is 0 Å². The molecule has 0 heterocycles. The zero-order valence-electron chi connectivity index (χ0n) is 11.9. The lowest BCUT2D eigenvalue weighted by molar-refractivity contribution is -0.116. The van der Waals surface area contributed by atoms with Gasteiger partial charge in [-0.1, -0.05) is 30.3 Å². The SMILES string of the molecule is CC(=O)c1ccc(NC(=O)CC(N)c2ccccc2)cc1. The summed E-state index contributed by atoms with van der Waals surface area (Å²) in [6.45, 7) is 1.51. The Morgan fingerprint density at radius 3 is 2.24 bits per heavy atom. The first-order chi connectivity index (χ1) is 10.1. The van der Waals surface area contributed by atoms with Crippen LogP contribution in [0.3, 0.4) is 0 Å². The van der Waals surface area contributed by atoms with E-state index >= 15 is 0 Å². The molecular formula is C17H18N2O2. The first kappa shape index (κ1) is 14.9. The third-order valence-corrected chi connectivity index (χ3v) is 3.21. The standard InChI is InChI=1S/C17H18N2O2/c1-12(20)13-7-9-15(10-8-13)19-17(21)11-16(18)14-5-3-2-4-6-14/h2-10,16H,11,18H2,1H3,(H,19,21). The average molecular weight is 282 g/mol. The van der Waals surface area contributed by atoms with E-state index < -0.39 is 0 Å². The summed E-state index contributed by atoms with van der Waals surface area (Å²) >= 11 is 0. The summed E-state index contributed by atoms with van der Waals surface area (Å²) in [4.78, 5) is 23.1. The van der Waals surface area contributed by atoms with E-state index in [1.807, 2.05) is 30.3 Å². The Morgan fingerprint density at radius 2 is 1.67 bits per heavy atom. The van der Waals surface area contributed by atoms with Gasteiger partial charge in [-0.2, -0.15) is 0 Å². The van der Waals surface area contributed by atoms with Crippen LogP contribution in [-0.2, 0) is 4.79 Å². The van der Waals surface area contributed by atoms with E-state index in [2.05, 4.69) is 5.32 Å². The highest BCUT2D eigenvalue weighted by atomic mass is 16.1. The predicted molar refractivity (Wildman–Crippen MR) is 83.1 cm³/mol. The van der Waals surface area contributed by atoms with Crippen molar-refractivity contribution in [1.82, 2.24) is 0 Å². The smallest absolute Gasteiger partial charge is 0.226 e. The number of nitrogens with two attached hydrogens (primary N) is 1. The van der Waals surface area contributed by atoms with Gasteiger partial charge in [-0.25, -0.2) is 0 Å². The molecule has 108 valence electrons. The minimum absolute atomic E-state index is 0.000948. The number of rotatable bonds is 5. The van der Waals surface area contributed by atoms with Gasteiger partial charge in [-0.15, -0.1) is 0 Å². The van der Waals surface area contributed by atoms with Gasteiger partial charge in [-0.3, -0.25) is 9.59 Å². The highest BCUT2D eigenvalue weighted by Gasteiger charge is 2.11. The Hall–Kier alpha value is -2.46. The van der Waals surface area contributed by atoms with Crippen LogP contribution in [0.5, 0.6) is 0 Å². The minimum Gasteiger partial charge on any atom is -0.326 e. The molecule has 21 heavy (non-hydrogen) atoms. The van der Waals surface area contributed by atoms with Gasteiger partial charge in [0.05, 0.1) is 0 Å². The lowest BCUT2D eigenvalue weighted by Gasteiger charge is -2.12. The third kappa shape index (κ3) is 4.26. The fourth-order valence-corrected chi connectivity index (χ4v) is 2.02. The summed E-state index contributed by atoms with van der Waals surface area (Å²) in [7, 11) is 0. The molecule has 2 rings (SSSR count). The largest absolute Gasteiger partial charge is 0.326 e. The van der Waals surface area contributed by atoms with Crippen LogP contribution in [0.1, 0.15) is 35.3 Å². The van der Waals surface area contributed by atoms with E-state index in [0.717, 1.165) is 5.56 Å². The molecule has 1 unspecified atom stereocenters. The Labute approximate surface area is 124 Å². The molecule has 2 aromatic rings. The van der Waals surface area contributed by atoms with Gasteiger partial charge in [0, 0.05) is 23.7 Å². The maximum absolute atomic E-state index is 12.0. The van der Waals surface area contributed by atoms with E-state index in [0.29, 0.717) is 11.3 Å². The summed E-state index contributed by atoms with van der Waals surface area (Å²) in [6.07, 6.45) is 0.207. The summed E-state index contributed by atoms with van der Waals surface area (Å²) < 4.78 is 0. The van der Waals surface area contributed by atoms with Gasteiger partial charge in [0.25, 0.3) is 0 Å². The van der Waals surface area contributed by atoms with Crippen LogP contribution >= 0.6 is 0 Å². The Kier molecular flexibility index (Phi) is 4.85. The molecule has 0 aliphatic rings. The van der Waals surface area contributed by atoms with Gasteiger partial charge >= 0.3 is 0 Å². The normalized spacial score (nSPS) is 11.7. The van der Waals surface area contributed by atoms with Gasteiger partial charge in [0.2, 0.25) is 5.91 Å².